The predicted molar refractivity (Wildman–Crippen MR) is 90.9 cm³/mol. The van der Waals surface area contributed by atoms with Gasteiger partial charge in [-0.05, 0) is 43.4 Å². The molecule has 1 aromatic heterocycles. The molecule has 0 radical (unpaired) electrons. The highest BCUT2D eigenvalue weighted by atomic mass is 16.4. The van der Waals surface area contributed by atoms with Crippen molar-refractivity contribution in [1.82, 2.24) is 0 Å². The smallest absolute Gasteiger partial charge is 0.336 e. The van der Waals surface area contributed by atoms with Gasteiger partial charge in [0, 0.05) is 17.9 Å². The molecular weight excluding hydrogens is 292 g/mol. The molecule has 0 aliphatic heterocycles. The molecular formula is C19H24O4. The van der Waals surface area contributed by atoms with Gasteiger partial charge in [0.15, 0.2) is 0 Å². The van der Waals surface area contributed by atoms with Crippen LogP contribution in [-0.4, -0.2) is 11.1 Å². The monoisotopic (exact) mass is 316 g/mol. The summed E-state index contributed by atoms with van der Waals surface area (Å²) in [5.41, 5.74) is 2.51. The van der Waals surface area contributed by atoms with Gasteiger partial charge < -0.3 is 9.52 Å². The van der Waals surface area contributed by atoms with Gasteiger partial charge in [-0.15, -0.1) is 0 Å². The van der Waals surface area contributed by atoms with E-state index in [9.17, 15) is 9.59 Å². The molecule has 1 heterocycles. The van der Waals surface area contributed by atoms with Crippen molar-refractivity contribution in [3.05, 3.63) is 45.8 Å². The SMILES string of the molecule is Cc1cc(=O)oc2cc(CCCCCCCCC(=O)O)ccc12. The number of carboxylic acids is 1. The first kappa shape index (κ1) is 17.3. The van der Waals surface area contributed by atoms with Crippen LogP contribution in [0.25, 0.3) is 11.0 Å². The van der Waals surface area contributed by atoms with Gasteiger partial charge in [-0.1, -0.05) is 37.8 Å². The summed E-state index contributed by atoms with van der Waals surface area (Å²) in [4.78, 5) is 21.8. The first-order chi connectivity index (χ1) is 11.1. The van der Waals surface area contributed by atoms with E-state index in [1.165, 1.54) is 11.6 Å². The summed E-state index contributed by atoms with van der Waals surface area (Å²) in [6.07, 6.45) is 7.50. The van der Waals surface area contributed by atoms with Gasteiger partial charge in [0.05, 0.1) is 0 Å². The zero-order chi connectivity index (χ0) is 16.7. The number of benzene rings is 1. The molecule has 23 heavy (non-hydrogen) atoms. The van der Waals surface area contributed by atoms with Gasteiger partial charge in [0.2, 0.25) is 0 Å². The Kier molecular flexibility index (Phi) is 6.39. The van der Waals surface area contributed by atoms with E-state index < -0.39 is 5.97 Å². The zero-order valence-electron chi connectivity index (χ0n) is 13.6. The van der Waals surface area contributed by atoms with Crippen LogP contribution in [0.1, 0.15) is 56.1 Å². The van der Waals surface area contributed by atoms with E-state index in [1.54, 1.807) is 0 Å². The summed E-state index contributed by atoms with van der Waals surface area (Å²) in [6.45, 7) is 1.92. The average Bonchev–Trinajstić information content (AvgIpc) is 2.49. The first-order valence-corrected chi connectivity index (χ1v) is 8.31. The molecule has 4 nitrogen and oxygen atoms in total. The number of hydrogen-bond acceptors (Lipinski definition) is 3. The van der Waals surface area contributed by atoms with Crippen molar-refractivity contribution in [2.45, 2.75) is 58.3 Å². The lowest BCUT2D eigenvalue weighted by Crippen LogP contribution is -1.98. The Labute approximate surface area is 136 Å². The van der Waals surface area contributed by atoms with Gasteiger partial charge in [-0.25, -0.2) is 4.79 Å². The van der Waals surface area contributed by atoms with E-state index in [-0.39, 0.29) is 12.0 Å². The number of aliphatic carboxylic acids is 1. The third-order valence-corrected chi connectivity index (χ3v) is 4.12. The molecule has 0 atom stereocenters. The van der Waals surface area contributed by atoms with Crippen LogP contribution in [0.2, 0.25) is 0 Å². The lowest BCUT2D eigenvalue weighted by molar-refractivity contribution is -0.137. The molecule has 1 aromatic carbocycles. The Hall–Kier alpha value is -2.10. The second-order valence-electron chi connectivity index (χ2n) is 6.09. The molecule has 2 aromatic rings. The van der Waals surface area contributed by atoms with Gasteiger partial charge >= 0.3 is 11.6 Å². The maximum atomic E-state index is 11.4. The molecule has 1 N–H and O–H groups in total. The van der Waals surface area contributed by atoms with Crippen LogP contribution in [0.4, 0.5) is 0 Å². The number of carboxylic acid groups (broad SMARTS) is 1. The third kappa shape index (κ3) is 5.55. The van der Waals surface area contributed by atoms with Crippen LogP contribution < -0.4 is 5.63 Å². The minimum Gasteiger partial charge on any atom is -0.481 e. The van der Waals surface area contributed by atoms with Crippen molar-refractivity contribution < 1.29 is 14.3 Å². The number of unbranched alkanes of at least 4 members (excludes halogenated alkanes) is 5. The van der Waals surface area contributed by atoms with Crippen molar-refractivity contribution in [2.75, 3.05) is 0 Å². The molecule has 0 aliphatic carbocycles. The normalized spacial score (nSPS) is 11.0. The Morgan fingerprint density at radius 3 is 2.48 bits per heavy atom. The highest BCUT2D eigenvalue weighted by Crippen LogP contribution is 2.19. The standard InChI is InChI=1S/C19H24O4/c1-14-12-19(22)23-17-13-15(10-11-16(14)17)8-6-4-2-3-5-7-9-18(20)21/h10-13H,2-9H2,1H3,(H,20,21). The fourth-order valence-electron chi connectivity index (χ4n) is 2.84. The van der Waals surface area contributed by atoms with Crippen molar-refractivity contribution >= 4 is 16.9 Å². The zero-order valence-corrected chi connectivity index (χ0v) is 13.6. The molecule has 0 spiro atoms. The lowest BCUT2D eigenvalue weighted by atomic mass is 10.0. The van der Waals surface area contributed by atoms with Crippen LogP contribution >= 0.6 is 0 Å². The minimum atomic E-state index is -0.705. The maximum Gasteiger partial charge on any atom is 0.336 e. The Bertz CT molecular complexity index is 715. The van der Waals surface area contributed by atoms with Crippen LogP contribution in [0.3, 0.4) is 0 Å². The molecule has 4 heteroatoms. The molecule has 2 rings (SSSR count). The van der Waals surface area contributed by atoms with Crippen molar-refractivity contribution in [1.29, 1.82) is 0 Å². The van der Waals surface area contributed by atoms with Crippen LogP contribution in [-0.2, 0) is 11.2 Å². The Morgan fingerprint density at radius 2 is 1.74 bits per heavy atom. The van der Waals surface area contributed by atoms with Gasteiger partial charge in [-0.3, -0.25) is 4.79 Å². The molecule has 0 aliphatic rings. The topological polar surface area (TPSA) is 67.5 Å². The van der Waals surface area contributed by atoms with E-state index >= 15 is 0 Å². The van der Waals surface area contributed by atoms with Gasteiger partial charge in [0.1, 0.15) is 5.58 Å². The number of hydrogen-bond donors (Lipinski definition) is 1. The fourth-order valence-corrected chi connectivity index (χ4v) is 2.84. The highest BCUT2D eigenvalue weighted by molar-refractivity contribution is 5.80. The van der Waals surface area contributed by atoms with E-state index in [0.717, 1.165) is 55.9 Å². The summed E-state index contributed by atoms with van der Waals surface area (Å²) in [5.74, 6) is -0.705. The minimum absolute atomic E-state index is 0.279. The summed E-state index contributed by atoms with van der Waals surface area (Å²) < 4.78 is 5.27. The molecule has 124 valence electrons. The summed E-state index contributed by atoms with van der Waals surface area (Å²) >= 11 is 0. The molecule has 0 fully saturated rings. The molecule has 0 unspecified atom stereocenters. The molecule has 0 bridgehead atoms. The summed E-state index contributed by atoms with van der Waals surface area (Å²) in [5, 5.41) is 9.55. The van der Waals surface area contributed by atoms with E-state index in [4.69, 9.17) is 9.52 Å². The lowest BCUT2D eigenvalue weighted by Gasteiger charge is -2.05. The highest BCUT2D eigenvalue weighted by Gasteiger charge is 2.03. The van der Waals surface area contributed by atoms with E-state index in [2.05, 4.69) is 6.07 Å². The number of carbonyl (C=O) groups is 1. The van der Waals surface area contributed by atoms with Gasteiger partial charge in [-0.2, -0.15) is 0 Å². The van der Waals surface area contributed by atoms with Crippen molar-refractivity contribution in [2.24, 2.45) is 0 Å². The Morgan fingerprint density at radius 1 is 1.04 bits per heavy atom. The third-order valence-electron chi connectivity index (χ3n) is 4.12. The Balaban J connectivity index is 1.75. The largest absolute Gasteiger partial charge is 0.481 e. The first-order valence-electron chi connectivity index (χ1n) is 8.31. The average molecular weight is 316 g/mol. The number of fused-ring (bicyclic) bond motifs is 1. The fraction of sp³-hybridized carbons (Fsp3) is 0.474. The number of rotatable bonds is 9. The van der Waals surface area contributed by atoms with E-state index in [1.807, 2.05) is 19.1 Å². The summed E-state index contributed by atoms with van der Waals surface area (Å²) in [7, 11) is 0. The maximum absolute atomic E-state index is 11.4. The van der Waals surface area contributed by atoms with Crippen LogP contribution in [0.5, 0.6) is 0 Å². The second kappa shape index (κ2) is 8.51. The molecule has 0 amide bonds. The quantitative estimate of drug-likeness (QED) is 0.548. The van der Waals surface area contributed by atoms with Crippen LogP contribution in [0, 0.1) is 6.92 Å². The molecule has 0 saturated heterocycles. The summed E-state index contributed by atoms with van der Waals surface area (Å²) in [6, 6.07) is 7.61. The number of aryl methyl sites for hydroxylation is 2. The predicted octanol–water partition coefficient (Wildman–Crippen LogP) is 4.46. The van der Waals surface area contributed by atoms with E-state index in [0.29, 0.717) is 5.58 Å². The van der Waals surface area contributed by atoms with Crippen LogP contribution in [0.15, 0.2) is 33.5 Å². The van der Waals surface area contributed by atoms with Gasteiger partial charge in [0.25, 0.3) is 0 Å². The van der Waals surface area contributed by atoms with Crippen molar-refractivity contribution in [3.63, 3.8) is 0 Å². The second-order valence-corrected chi connectivity index (χ2v) is 6.09. The van der Waals surface area contributed by atoms with Crippen molar-refractivity contribution in [3.8, 4) is 0 Å². The molecule has 0 saturated carbocycles.